The highest BCUT2D eigenvalue weighted by Gasteiger charge is 2.28. The molecule has 1 amide bonds. The standard InChI is InChI=1S/C20H23N3O6S/c1-4-27-17(25)11-16(24)23(29-13-14-9-7-6-8-10-14)18-15(19(26)28-5-2)12-21-20(22-18)30-3/h6-10,12H,4-5,11,13H2,1-3H3. The smallest absolute Gasteiger partial charge is 0.343 e. The summed E-state index contributed by atoms with van der Waals surface area (Å²) in [4.78, 5) is 51.1. The number of aromatic nitrogens is 2. The van der Waals surface area contributed by atoms with Gasteiger partial charge in [-0.3, -0.25) is 14.4 Å². The highest BCUT2D eigenvalue weighted by Crippen LogP contribution is 2.24. The molecule has 0 saturated heterocycles. The van der Waals surface area contributed by atoms with E-state index in [-0.39, 0.29) is 31.2 Å². The van der Waals surface area contributed by atoms with Crippen molar-refractivity contribution in [3.8, 4) is 0 Å². The second-order valence-electron chi connectivity index (χ2n) is 5.74. The highest BCUT2D eigenvalue weighted by molar-refractivity contribution is 7.98. The second-order valence-corrected chi connectivity index (χ2v) is 6.52. The first kappa shape index (κ1) is 23.3. The number of hydroxylamine groups is 1. The topological polar surface area (TPSA) is 108 Å². The number of rotatable bonds is 10. The average molecular weight is 433 g/mol. The van der Waals surface area contributed by atoms with E-state index in [4.69, 9.17) is 14.3 Å². The second kappa shape index (κ2) is 11.9. The van der Waals surface area contributed by atoms with Gasteiger partial charge in [-0.1, -0.05) is 42.1 Å². The van der Waals surface area contributed by atoms with Crippen LogP contribution in [-0.2, 0) is 30.5 Å². The molecule has 0 spiro atoms. The molecule has 1 heterocycles. The average Bonchev–Trinajstić information content (AvgIpc) is 2.74. The molecule has 160 valence electrons. The van der Waals surface area contributed by atoms with Gasteiger partial charge >= 0.3 is 11.9 Å². The predicted molar refractivity (Wildman–Crippen MR) is 110 cm³/mol. The van der Waals surface area contributed by atoms with E-state index in [9.17, 15) is 14.4 Å². The summed E-state index contributed by atoms with van der Waals surface area (Å²) >= 11 is 1.22. The Balaban J connectivity index is 2.41. The van der Waals surface area contributed by atoms with Crippen molar-refractivity contribution < 1.29 is 28.7 Å². The van der Waals surface area contributed by atoms with Crippen molar-refractivity contribution in [3.63, 3.8) is 0 Å². The summed E-state index contributed by atoms with van der Waals surface area (Å²) in [6, 6.07) is 9.12. The van der Waals surface area contributed by atoms with Crippen LogP contribution in [0, 0.1) is 0 Å². The van der Waals surface area contributed by atoms with Gasteiger partial charge in [-0.15, -0.1) is 0 Å². The Bertz CT molecular complexity index is 878. The van der Waals surface area contributed by atoms with Crippen LogP contribution in [0.25, 0.3) is 0 Å². The number of hydrogen-bond donors (Lipinski definition) is 0. The van der Waals surface area contributed by atoms with Crippen LogP contribution >= 0.6 is 11.8 Å². The van der Waals surface area contributed by atoms with Crippen molar-refractivity contribution >= 4 is 35.4 Å². The van der Waals surface area contributed by atoms with Crippen LogP contribution in [0.2, 0.25) is 0 Å². The molecule has 0 bridgehead atoms. The van der Waals surface area contributed by atoms with Crippen molar-refractivity contribution in [1.29, 1.82) is 0 Å². The fourth-order valence-corrected chi connectivity index (χ4v) is 2.67. The zero-order valence-electron chi connectivity index (χ0n) is 17.0. The van der Waals surface area contributed by atoms with Crippen LogP contribution in [0.5, 0.6) is 0 Å². The van der Waals surface area contributed by atoms with Gasteiger partial charge in [0.25, 0.3) is 5.91 Å². The lowest BCUT2D eigenvalue weighted by Gasteiger charge is -2.22. The Morgan fingerprint density at radius 2 is 1.77 bits per heavy atom. The van der Waals surface area contributed by atoms with Crippen LogP contribution in [-0.4, -0.2) is 47.3 Å². The summed E-state index contributed by atoms with van der Waals surface area (Å²) in [5, 5.41) is 1.15. The van der Waals surface area contributed by atoms with Crippen molar-refractivity contribution in [2.75, 3.05) is 24.5 Å². The molecular weight excluding hydrogens is 410 g/mol. The Morgan fingerprint density at radius 1 is 1.07 bits per heavy atom. The Kier molecular flexibility index (Phi) is 9.23. The molecule has 1 aromatic heterocycles. The molecule has 0 unspecified atom stereocenters. The zero-order valence-corrected chi connectivity index (χ0v) is 17.8. The summed E-state index contributed by atoms with van der Waals surface area (Å²) < 4.78 is 9.90. The van der Waals surface area contributed by atoms with E-state index in [1.54, 1.807) is 20.1 Å². The van der Waals surface area contributed by atoms with Crippen molar-refractivity contribution in [2.24, 2.45) is 0 Å². The fourth-order valence-electron chi connectivity index (χ4n) is 2.34. The van der Waals surface area contributed by atoms with E-state index in [1.807, 2.05) is 30.3 Å². The first-order chi connectivity index (χ1) is 14.5. The van der Waals surface area contributed by atoms with Gasteiger partial charge in [0.05, 0.1) is 13.2 Å². The lowest BCUT2D eigenvalue weighted by Crippen LogP contribution is -2.35. The molecule has 0 aliphatic rings. The Morgan fingerprint density at radius 3 is 2.40 bits per heavy atom. The maximum Gasteiger partial charge on any atom is 0.343 e. The van der Waals surface area contributed by atoms with Gasteiger partial charge in [0, 0.05) is 6.20 Å². The number of benzene rings is 1. The third-order valence-electron chi connectivity index (χ3n) is 3.65. The van der Waals surface area contributed by atoms with Crippen molar-refractivity contribution in [1.82, 2.24) is 9.97 Å². The van der Waals surface area contributed by atoms with Gasteiger partial charge in [-0.2, -0.15) is 5.06 Å². The predicted octanol–water partition coefficient (Wildman–Crippen LogP) is 2.79. The molecular formula is C20H23N3O6S. The van der Waals surface area contributed by atoms with Crippen LogP contribution in [0.1, 0.15) is 36.2 Å². The van der Waals surface area contributed by atoms with Crippen molar-refractivity contribution in [2.45, 2.75) is 32.0 Å². The molecule has 1 aromatic carbocycles. The summed E-state index contributed by atoms with van der Waals surface area (Å²) in [6.45, 7) is 3.57. The van der Waals surface area contributed by atoms with Crippen LogP contribution < -0.4 is 5.06 Å². The molecule has 0 atom stereocenters. The van der Waals surface area contributed by atoms with Gasteiger partial charge in [-0.05, 0) is 25.7 Å². The maximum absolute atomic E-state index is 12.9. The molecule has 2 aromatic rings. The van der Waals surface area contributed by atoms with Gasteiger partial charge in [0.15, 0.2) is 11.0 Å². The summed E-state index contributed by atoms with van der Waals surface area (Å²) in [6.07, 6.45) is 2.44. The molecule has 9 nitrogen and oxygen atoms in total. The lowest BCUT2D eigenvalue weighted by atomic mass is 10.2. The van der Waals surface area contributed by atoms with Gasteiger partial charge in [0.1, 0.15) is 18.6 Å². The minimum absolute atomic E-state index is 0.0102. The van der Waals surface area contributed by atoms with E-state index in [0.717, 1.165) is 10.6 Å². The number of carbonyl (C=O) groups is 3. The first-order valence-electron chi connectivity index (χ1n) is 9.23. The van der Waals surface area contributed by atoms with E-state index in [2.05, 4.69) is 9.97 Å². The van der Waals surface area contributed by atoms with Crippen LogP contribution in [0.3, 0.4) is 0 Å². The quantitative estimate of drug-likeness (QED) is 0.184. The third-order valence-corrected chi connectivity index (χ3v) is 4.21. The number of nitrogens with zero attached hydrogens (tertiary/aromatic N) is 3. The SMILES string of the molecule is CCOC(=O)CC(=O)N(OCc1ccccc1)c1nc(SC)ncc1C(=O)OCC. The van der Waals surface area contributed by atoms with E-state index >= 15 is 0 Å². The monoisotopic (exact) mass is 433 g/mol. The Hall–Kier alpha value is -2.98. The number of anilines is 1. The van der Waals surface area contributed by atoms with E-state index in [0.29, 0.717) is 5.16 Å². The molecule has 2 rings (SSSR count). The van der Waals surface area contributed by atoms with E-state index in [1.165, 1.54) is 18.0 Å². The normalized spacial score (nSPS) is 10.4. The molecule has 0 fully saturated rings. The number of ether oxygens (including phenoxy) is 2. The summed E-state index contributed by atoms with van der Waals surface area (Å²) in [7, 11) is 0. The molecule has 30 heavy (non-hydrogen) atoms. The first-order valence-corrected chi connectivity index (χ1v) is 10.5. The molecule has 0 aliphatic heterocycles. The minimum Gasteiger partial charge on any atom is -0.466 e. The number of hydrogen-bond acceptors (Lipinski definition) is 9. The molecule has 0 aliphatic carbocycles. The number of carbonyl (C=O) groups excluding carboxylic acids is 3. The van der Waals surface area contributed by atoms with Crippen LogP contribution in [0.4, 0.5) is 5.82 Å². The van der Waals surface area contributed by atoms with E-state index < -0.39 is 24.3 Å². The number of amides is 1. The van der Waals surface area contributed by atoms with Crippen molar-refractivity contribution in [3.05, 3.63) is 47.7 Å². The molecule has 0 radical (unpaired) electrons. The number of esters is 2. The van der Waals surface area contributed by atoms with Gasteiger partial charge in [-0.25, -0.2) is 14.8 Å². The third kappa shape index (κ3) is 6.53. The fraction of sp³-hybridized carbons (Fsp3) is 0.350. The summed E-state index contributed by atoms with van der Waals surface area (Å²) in [5.74, 6) is -2.26. The number of thioether (sulfide) groups is 1. The van der Waals surface area contributed by atoms with Gasteiger partial charge in [0.2, 0.25) is 0 Å². The highest BCUT2D eigenvalue weighted by atomic mass is 32.2. The summed E-state index contributed by atoms with van der Waals surface area (Å²) in [5.41, 5.74) is 0.725. The molecule has 0 saturated carbocycles. The zero-order chi connectivity index (χ0) is 21.9. The molecule has 10 heteroatoms. The molecule has 0 N–H and O–H groups in total. The largest absolute Gasteiger partial charge is 0.466 e. The minimum atomic E-state index is -0.735. The van der Waals surface area contributed by atoms with Gasteiger partial charge < -0.3 is 9.47 Å². The van der Waals surface area contributed by atoms with Crippen LogP contribution in [0.15, 0.2) is 41.7 Å². The Labute approximate surface area is 178 Å². The maximum atomic E-state index is 12.9. The lowest BCUT2D eigenvalue weighted by molar-refractivity contribution is -0.147.